The molecule has 0 spiro atoms. The van der Waals surface area contributed by atoms with Gasteiger partial charge in [0.2, 0.25) is 0 Å². The van der Waals surface area contributed by atoms with Crippen molar-refractivity contribution in [1.82, 2.24) is 14.9 Å². The highest BCUT2D eigenvalue weighted by atomic mass is 32.1. The third-order valence-electron chi connectivity index (χ3n) is 5.90. The summed E-state index contributed by atoms with van der Waals surface area (Å²) in [5, 5.41) is 1.01. The van der Waals surface area contributed by atoms with Crippen LogP contribution in [0.5, 0.6) is 0 Å². The van der Waals surface area contributed by atoms with E-state index in [0.717, 1.165) is 34.9 Å². The van der Waals surface area contributed by atoms with Gasteiger partial charge >= 0.3 is 0 Å². The smallest absolute Gasteiger partial charge is 0.289 e. The second-order valence-electron chi connectivity index (χ2n) is 7.87. The summed E-state index contributed by atoms with van der Waals surface area (Å²) in [4.78, 5) is 35.1. The Labute approximate surface area is 181 Å². The number of likely N-dealkylation sites (tertiary alicyclic amines) is 1. The van der Waals surface area contributed by atoms with Crippen LogP contribution in [0.1, 0.15) is 45.1 Å². The van der Waals surface area contributed by atoms with Crippen molar-refractivity contribution in [3.63, 3.8) is 0 Å². The number of imidazole rings is 1. The van der Waals surface area contributed by atoms with Crippen LogP contribution >= 0.6 is 11.3 Å². The van der Waals surface area contributed by atoms with Crippen molar-refractivity contribution in [2.24, 2.45) is 5.73 Å². The number of benzene rings is 2. The van der Waals surface area contributed by atoms with E-state index in [1.54, 1.807) is 6.07 Å². The van der Waals surface area contributed by atoms with Crippen LogP contribution in [0, 0.1) is 5.82 Å². The first-order valence-electron chi connectivity index (χ1n) is 10.3. The van der Waals surface area contributed by atoms with Crippen LogP contribution in [-0.4, -0.2) is 39.3 Å². The lowest BCUT2D eigenvalue weighted by Crippen LogP contribution is -2.45. The maximum Gasteiger partial charge on any atom is 0.289 e. The molecule has 2 aromatic heterocycles. The van der Waals surface area contributed by atoms with Crippen molar-refractivity contribution in [3.05, 3.63) is 64.5 Å². The number of piperidine rings is 1. The van der Waals surface area contributed by atoms with Crippen molar-refractivity contribution in [2.75, 3.05) is 6.54 Å². The van der Waals surface area contributed by atoms with E-state index in [0.29, 0.717) is 28.9 Å². The zero-order valence-corrected chi connectivity index (χ0v) is 17.5. The molecule has 1 saturated heterocycles. The van der Waals surface area contributed by atoms with Gasteiger partial charge in [0.15, 0.2) is 5.82 Å². The number of primary amides is 1. The van der Waals surface area contributed by atoms with Gasteiger partial charge in [-0.15, -0.1) is 11.3 Å². The van der Waals surface area contributed by atoms with Crippen LogP contribution in [-0.2, 0) is 6.42 Å². The number of H-pyrrole nitrogens is 1. The summed E-state index contributed by atoms with van der Waals surface area (Å²) in [5.41, 5.74) is 7.63. The van der Waals surface area contributed by atoms with Crippen LogP contribution in [0.2, 0.25) is 0 Å². The first-order valence-corrected chi connectivity index (χ1v) is 11.1. The zero-order chi connectivity index (χ0) is 21.5. The fourth-order valence-corrected chi connectivity index (χ4v) is 5.52. The van der Waals surface area contributed by atoms with Gasteiger partial charge in [0.05, 0.1) is 15.9 Å². The molecule has 1 aliphatic rings. The Hall–Kier alpha value is -3.26. The SMILES string of the molecule is NC(=O)c1sc2ccccc2c1CC1CCCCN1C(=O)c1nc2ccc(F)cc2[nH]1. The molecule has 1 atom stereocenters. The first-order chi connectivity index (χ1) is 15.0. The van der Waals surface area contributed by atoms with E-state index in [-0.39, 0.29) is 23.6 Å². The van der Waals surface area contributed by atoms with E-state index in [2.05, 4.69) is 9.97 Å². The number of hydrogen-bond acceptors (Lipinski definition) is 4. The summed E-state index contributed by atoms with van der Waals surface area (Å²) >= 11 is 1.40. The minimum atomic E-state index is -0.441. The Bertz CT molecular complexity index is 1310. The number of carbonyl (C=O) groups is 2. The third kappa shape index (κ3) is 3.57. The van der Waals surface area contributed by atoms with E-state index in [1.165, 1.54) is 23.5 Å². The molecule has 0 aliphatic carbocycles. The van der Waals surface area contributed by atoms with Crippen LogP contribution in [0.4, 0.5) is 4.39 Å². The predicted molar refractivity (Wildman–Crippen MR) is 119 cm³/mol. The monoisotopic (exact) mass is 436 g/mol. The molecular formula is C23H21FN4O2S. The average molecular weight is 437 g/mol. The lowest BCUT2D eigenvalue weighted by atomic mass is 9.94. The lowest BCUT2D eigenvalue weighted by Gasteiger charge is -2.35. The summed E-state index contributed by atoms with van der Waals surface area (Å²) in [6, 6.07) is 12.0. The Morgan fingerprint density at radius 1 is 1.23 bits per heavy atom. The minimum absolute atomic E-state index is 0.0673. The number of fused-ring (bicyclic) bond motifs is 2. The normalized spacial score (nSPS) is 16.8. The first kappa shape index (κ1) is 19.7. The van der Waals surface area contributed by atoms with Crippen molar-refractivity contribution >= 4 is 44.3 Å². The maximum absolute atomic E-state index is 13.5. The number of nitrogens with one attached hydrogen (secondary N) is 1. The fourth-order valence-electron chi connectivity index (χ4n) is 4.44. The number of hydrogen-bond donors (Lipinski definition) is 2. The average Bonchev–Trinajstić information content (AvgIpc) is 3.35. The maximum atomic E-state index is 13.5. The lowest BCUT2D eigenvalue weighted by molar-refractivity contribution is 0.0602. The molecule has 1 fully saturated rings. The molecule has 5 rings (SSSR count). The standard InChI is InChI=1S/C23H21FN4O2S/c24-13-8-9-17-18(11-13)27-22(26-17)23(30)28-10-4-3-5-14(28)12-16-15-6-1-2-7-19(15)31-20(16)21(25)29/h1-2,6-9,11,14H,3-5,10,12H2,(H2,25,29)(H,26,27). The van der Waals surface area contributed by atoms with Crippen molar-refractivity contribution in [3.8, 4) is 0 Å². The van der Waals surface area contributed by atoms with Crippen molar-refractivity contribution < 1.29 is 14.0 Å². The quantitative estimate of drug-likeness (QED) is 0.501. The number of aromatic nitrogens is 2. The summed E-state index contributed by atoms with van der Waals surface area (Å²) < 4.78 is 14.5. The molecule has 8 heteroatoms. The van der Waals surface area contributed by atoms with E-state index in [4.69, 9.17) is 5.73 Å². The number of nitrogens with zero attached hydrogens (tertiary/aromatic N) is 2. The van der Waals surface area contributed by atoms with Gasteiger partial charge in [-0.2, -0.15) is 0 Å². The molecule has 3 N–H and O–H groups in total. The molecule has 31 heavy (non-hydrogen) atoms. The summed E-state index contributed by atoms with van der Waals surface area (Å²) in [6.45, 7) is 0.614. The number of nitrogens with two attached hydrogens (primary N) is 1. The molecule has 0 bridgehead atoms. The fraction of sp³-hybridized carbons (Fsp3) is 0.261. The molecule has 4 aromatic rings. The molecule has 158 valence electrons. The molecule has 6 nitrogen and oxygen atoms in total. The Morgan fingerprint density at radius 3 is 2.90 bits per heavy atom. The van der Waals surface area contributed by atoms with Crippen molar-refractivity contribution in [1.29, 1.82) is 0 Å². The van der Waals surface area contributed by atoms with Gasteiger partial charge in [-0.3, -0.25) is 9.59 Å². The highest BCUT2D eigenvalue weighted by molar-refractivity contribution is 7.21. The van der Waals surface area contributed by atoms with Gasteiger partial charge < -0.3 is 15.6 Å². The number of carbonyl (C=O) groups excluding carboxylic acids is 2. The number of rotatable bonds is 4. The molecular weight excluding hydrogens is 415 g/mol. The van der Waals surface area contributed by atoms with Gasteiger partial charge in [0.1, 0.15) is 5.82 Å². The number of amides is 2. The molecule has 2 amide bonds. The second kappa shape index (κ2) is 7.77. The van der Waals surface area contributed by atoms with Gasteiger partial charge in [-0.05, 0) is 60.9 Å². The van der Waals surface area contributed by atoms with Gasteiger partial charge in [-0.25, -0.2) is 9.37 Å². The van der Waals surface area contributed by atoms with E-state index in [9.17, 15) is 14.0 Å². The number of aromatic amines is 1. The third-order valence-corrected chi connectivity index (χ3v) is 7.12. The largest absolute Gasteiger partial charge is 0.365 e. The summed E-state index contributed by atoms with van der Waals surface area (Å²) in [7, 11) is 0. The highest BCUT2D eigenvalue weighted by Crippen LogP contribution is 2.34. The highest BCUT2D eigenvalue weighted by Gasteiger charge is 2.31. The van der Waals surface area contributed by atoms with Crippen LogP contribution in [0.3, 0.4) is 0 Å². The van der Waals surface area contributed by atoms with Crippen LogP contribution in [0.15, 0.2) is 42.5 Å². The van der Waals surface area contributed by atoms with E-state index < -0.39 is 5.91 Å². The molecule has 1 aliphatic heterocycles. The topological polar surface area (TPSA) is 92.1 Å². The predicted octanol–water partition coefficient (Wildman–Crippen LogP) is 4.25. The molecule has 0 radical (unpaired) electrons. The molecule has 0 saturated carbocycles. The Morgan fingerprint density at radius 2 is 2.06 bits per heavy atom. The zero-order valence-electron chi connectivity index (χ0n) is 16.7. The number of halogens is 1. The second-order valence-corrected chi connectivity index (χ2v) is 8.92. The minimum Gasteiger partial charge on any atom is -0.365 e. The molecule has 2 aromatic carbocycles. The van der Waals surface area contributed by atoms with Crippen LogP contribution in [0.25, 0.3) is 21.1 Å². The van der Waals surface area contributed by atoms with E-state index in [1.807, 2.05) is 29.2 Å². The van der Waals surface area contributed by atoms with E-state index >= 15 is 0 Å². The molecule has 3 heterocycles. The summed E-state index contributed by atoms with van der Waals surface area (Å²) in [6.07, 6.45) is 3.31. The Balaban J connectivity index is 1.49. The Kier molecular flexibility index (Phi) is 4.94. The van der Waals surface area contributed by atoms with Crippen molar-refractivity contribution in [2.45, 2.75) is 31.7 Å². The van der Waals surface area contributed by atoms with Gasteiger partial charge in [0.25, 0.3) is 11.8 Å². The van der Waals surface area contributed by atoms with Gasteiger partial charge in [0, 0.05) is 17.3 Å². The summed E-state index contributed by atoms with van der Waals surface area (Å²) in [5.74, 6) is -0.821. The molecule has 1 unspecified atom stereocenters. The number of thiophene rings is 1. The van der Waals surface area contributed by atoms with Crippen LogP contribution < -0.4 is 5.73 Å². The van der Waals surface area contributed by atoms with Gasteiger partial charge in [-0.1, -0.05) is 18.2 Å².